The molecule has 148 valence electrons. The highest BCUT2D eigenvalue weighted by atomic mass is 32.2. The Kier molecular flexibility index (Phi) is 7.09. The highest BCUT2D eigenvalue weighted by Gasteiger charge is 2.28. The largest absolute Gasteiger partial charge is 0.453 e. The summed E-state index contributed by atoms with van der Waals surface area (Å²) in [5.41, 5.74) is 0. The fourth-order valence-corrected chi connectivity index (χ4v) is 4.71. The van der Waals surface area contributed by atoms with Crippen molar-refractivity contribution in [3.05, 3.63) is 84.9 Å². The summed E-state index contributed by atoms with van der Waals surface area (Å²) in [6, 6.07) is 28.1. The molecule has 5 heteroatoms. The Morgan fingerprint density at radius 2 is 1.24 bits per heavy atom. The molecule has 0 bridgehead atoms. The first kappa shape index (κ1) is 20.7. The second-order valence-electron chi connectivity index (χ2n) is 6.64. The average Bonchev–Trinajstić information content (AvgIpc) is 2.75. The van der Waals surface area contributed by atoms with Gasteiger partial charge in [-0.3, -0.25) is 4.79 Å². The Morgan fingerprint density at radius 3 is 1.72 bits per heavy atom. The molecule has 3 aromatic carbocycles. The maximum Gasteiger partial charge on any atom is 0.349 e. The smallest absolute Gasteiger partial charge is 0.349 e. The van der Waals surface area contributed by atoms with E-state index in [2.05, 4.69) is 24.3 Å². The topological polar surface area (TPSA) is 52.6 Å². The number of hydrogen-bond acceptors (Lipinski definition) is 4. The molecule has 29 heavy (non-hydrogen) atoms. The van der Waals surface area contributed by atoms with Crippen molar-refractivity contribution >= 4 is 22.8 Å². The third-order valence-electron chi connectivity index (χ3n) is 4.05. The quantitative estimate of drug-likeness (QED) is 0.318. The molecule has 0 N–H and O–H groups in total. The number of benzene rings is 3. The molecule has 0 amide bonds. The SMILES string of the molecule is CC(C)C(=O)OCC(=O)Oc1ccc([S+](c2ccccc2)c2ccccc2)cc1. The first-order chi connectivity index (χ1) is 14.0. The van der Waals surface area contributed by atoms with E-state index in [1.165, 1.54) is 9.79 Å². The fourth-order valence-electron chi connectivity index (χ4n) is 2.62. The van der Waals surface area contributed by atoms with Gasteiger partial charge in [-0.05, 0) is 48.5 Å². The summed E-state index contributed by atoms with van der Waals surface area (Å²) in [7, 11) is -0.260. The predicted octanol–water partition coefficient (Wildman–Crippen LogP) is 4.89. The van der Waals surface area contributed by atoms with Crippen molar-refractivity contribution in [1.82, 2.24) is 0 Å². The molecule has 0 aliphatic heterocycles. The molecule has 0 aliphatic rings. The normalized spacial score (nSPS) is 10.8. The highest BCUT2D eigenvalue weighted by molar-refractivity contribution is 7.97. The van der Waals surface area contributed by atoms with Crippen LogP contribution < -0.4 is 4.74 Å². The van der Waals surface area contributed by atoms with Crippen molar-refractivity contribution in [2.45, 2.75) is 28.5 Å². The van der Waals surface area contributed by atoms with Crippen molar-refractivity contribution in [1.29, 1.82) is 0 Å². The average molecular weight is 408 g/mol. The van der Waals surface area contributed by atoms with Gasteiger partial charge in [-0.15, -0.1) is 0 Å². The second kappa shape index (κ2) is 9.94. The monoisotopic (exact) mass is 407 g/mol. The van der Waals surface area contributed by atoms with Gasteiger partial charge in [0.05, 0.1) is 16.8 Å². The molecule has 0 saturated heterocycles. The van der Waals surface area contributed by atoms with Crippen molar-refractivity contribution in [3.8, 4) is 5.75 Å². The van der Waals surface area contributed by atoms with Crippen LogP contribution in [0.4, 0.5) is 0 Å². The van der Waals surface area contributed by atoms with Crippen molar-refractivity contribution in [2.75, 3.05) is 6.61 Å². The van der Waals surface area contributed by atoms with Crippen LogP contribution in [0.1, 0.15) is 13.8 Å². The zero-order valence-electron chi connectivity index (χ0n) is 16.4. The van der Waals surface area contributed by atoms with E-state index in [4.69, 9.17) is 9.47 Å². The first-order valence-corrected chi connectivity index (χ1v) is 10.6. The van der Waals surface area contributed by atoms with Crippen LogP contribution in [0, 0.1) is 5.92 Å². The maximum atomic E-state index is 11.9. The number of esters is 2. The fraction of sp³-hybridized carbons (Fsp3) is 0.167. The molecule has 3 rings (SSSR count). The van der Waals surface area contributed by atoms with Gasteiger partial charge in [-0.25, -0.2) is 4.79 Å². The van der Waals surface area contributed by atoms with Gasteiger partial charge in [0.1, 0.15) is 5.75 Å². The lowest BCUT2D eigenvalue weighted by atomic mass is 10.2. The Labute approximate surface area is 173 Å². The van der Waals surface area contributed by atoms with Crippen molar-refractivity contribution < 1.29 is 19.1 Å². The van der Waals surface area contributed by atoms with E-state index in [0.29, 0.717) is 5.75 Å². The zero-order chi connectivity index (χ0) is 20.6. The summed E-state index contributed by atoms with van der Waals surface area (Å²) in [5.74, 6) is -0.885. The predicted molar refractivity (Wildman–Crippen MR) is 113 cm³/mol. The van der Waals surface area contributed by atoms with Crippen LogP contribution >= 0.6 is 0 Å². The number of carbonyl (C=O) groups is 2. The molecular formula is C24H23O4S+. The van der Waals surface area contributed by atoms with Gasteiger partial charge < -0.3 is 9.47 Å². The van der Waals surface area contributed by atoms with Crippen LogP contribution in [-0.2, 0) is 25.2 Å². The highest BCUT2D eigenvalue weighted by Crippen LogP contribution is 2.31. The van der Waals surface area contributed by atoms with E-state index < -0.39 is 18.5 Å². The standard InChI is InChI=1S/C24H23O4S/c1-18(2)24(26)27-17-23(25)28-19-13-15-22(16-14-19)29(20-9-5-3-6-10-20)21-11-7-4-8-12-21/h3-16,18H,17H2,1-2H3/q+1. The van der Waals surface area contributed by atoms with Gasteiger partial charge in [0, 0.05) is 0 Å². The molecule has 0 saturated carbocycles. The van der Waals surface area contributed by atoms with Crippen LogP contribution in [0.5, 0.6) is 5.75 Å². The lowest BCUT2D eigenvalue weighted by molar-refractivity contribution is -0.156. The summed E-state index contributed by atoms with van der Waals surface area (Å²) >= 11 is 0. The van der Waals surface area contributed by atoms with Crippen LogP contribution in [0.15, 0.2) is 99.6 Å². The molecule has 0 fully saturated rings. The third kappa shape index (κ3) is 5.72. The van der Waals surface area contributed by atoms with Crippen LogP contribution in [0.2, 0.25) is 0 Å². The van der Waals surface area contributed by atoms with E-state index in [1.54, 1.807) is 26.0 Å². The lowest BCUT2D eigenvalue weighted by Crippen LogP contribution is -2.21. The molecule has 0 heterocycles. The minimum atomic E-state index is -0.600. The number of hydrogen-bond donors (Lipinski definition) is 0. The van der Waals surface area contributed by atoms with E-state index in [9.17, 15) is 9.59 Å². The second-order valence-corrected chi connectivity index (χ2v) is 8.67. The van der Waals surface area contributed by atoms with Crippen LogP contribution in [0.25, 0.3) is 0 Å². The molecule has 3 aromatic rings. The summed E-state index contributed by atoms with van der Waals surface area (Å²) in [5, 5.41) is 0. The summed E-state index contributed by atoms with van der Waals surface area (Å²) < 4.78 is 10.2. The molecular weight excluding hydrogens is 384 g/mol. The van der Waals surface area contributed by atoms with Gasteiger partial charge in [-0.2, -0.15) is 0 Å². The van der Waals surface area contributed by atoms with E-state index in [1.807, 2.05) is 48.5 Å². The number of rotatable bonds is 7. The lowest BCUT2D eigenvalue weighted by Gasteiger charge is -2.09. The van der Waals surface area contributed by atoms with E-state index in [0.717, 1.165) is 4.90 Å². The maximum absolute atomic E-state index is 11.9. The van der Waals surface area contributed by atoms with E-state index >= 15 is 0 Å². The van der Waals surface area contributed by atoms with Gasteiger partial charge in [0.15, 0.2) is 21.3 Å². The molecule has 0 radical (unpaired) electrons. The number of ether oxygens (including phenoxy) is 2. The summed E-state index contributed by atoms with van der Waals surface area (Å²) in [6.07, 6.45) is 0. The third-order valence-corrected chi connectivity index (χ3v) is 6.28. The molecule has 4 nitrogen and oxygen atoms in total. The van der Waals surface area contributed by atoms with Gasteiger partial charge in [-0.1, -0.05) is 50.2 Å². The molecule has 0 aromatic heterocycles. The zero-order valence-corrected chi connectivity index (χ0v) is 17.2. The number of carbonyl (C=O) groups excluding carboxylic acids is 2. The van der Waals surface area contributed by atoms with Gasteiger partial charge >= 0.3 is 11.9 Å². The molecule has 0 unspecified atom stereocenters. The Balaban J connectivity index is 1.75. The molecule has 0 aliphatic carbocycles. The summed E-state index contributed by atoms with van der Waals surface area (Å²) in [4.78, 5) is 26.9. The van der Waals surface area contributed by atoms with Crippen molar-refractivity contribution in [2.24, 2.45) is 5.92 Å². The minimum Gasteiger partial charge on any atom is -0.453 e. The molecule has 0 spiro atoms. The van der Waals surface area contributed by atoms with Gasteiger partial charge in [0.25, 0.3) is 0 Å². The summed E-state index contributed by atoms with van der Waals surface area (Å²) in [6.45, 7) is 3.03. The van der Waals surface area contributed by atoms with Crippen molar-refractivity contribution in [3.63, 3.8) is 0 Å². The van der Waals surface area contributed by atoms with Crippen LogP contribution in [-0.4, -0.2) is 18.5 Å². The first-order valence-electron chi connectivity index (χ1n) is 9.36. The molecule has 0 atom stereocenters. The Hall–Kier alpha value is -3.05. The van der Waals surface area contributed by atoms with Crippen LogP contribution in [0.3, 0.4) is 0 Å². The minimum absolute atomic E-state index is 0.260. The Morgan fingerprint density at radius 1 is 0.759 bits per heavy atom. The van der Waals surface area contributed by atoms with E-state index in [-0.39, 0.29) is 16.8 Å². The Bertz CT molecular complexity index is 898. The van der Waals surface area contributed by atoms with Gasteiger partial charge in [0.2, 0.25) is 0 Å².